The fourth-order valence-electron chi connectivity index (χ4n) is 4.06. The molecule has 15 heteroatoms. The minimum absolute atomic E-state index is 0.00328. The van der Waals surface area contributed by atoms with E-state index in [-0.39, 0.29) is 28.1 Å². The second kappa shape index (κ2) is 13.1. The molecule has 14 nitrogen and oxygen atoms in total. The molecule has 7 N–H and O–H groups in total. The van der Waals surface area contributed by atoms with Crippen LogP contribution in [0.25, 0.3) is 0 Å². The summed E-state index contributed by atoms with van der Waals surface area (Å²) in [5, 5.41) is 11.0. The molecule has 0 unspecified atom stereocenters. The molecule has 1 aliphatic heterocycles. The van der Waals surface area contributed by atoms with Gasteiger partial charge in [0.1, 0.15) is 24.9 Å². The van der Waals surface area contributed by atoms with Gasteiger partial charge in [-0.15, -0.1) is 0 Å². The van der Waals surface area contributed by atoms with Crippen LogP contribution in [-0.2, 0) is 28.0 Å². The van der Waals surface area contributed by atoms with Crippen molar-refractivity contribution in [3.8, 4) is 0 Å². The number of rotatable bonds is 9. The van der Waals surface area contributed by atoms with Crippen LogP contribution < -0.4 is 11.5 Å². The van der Waals surface area contributed by atoms with Crippen molar-refractivity contribution in [1.82, 2.24) is 0 Å². The fraction of sp³-hybridized carbons (Fsp3) is 0.222. The van der Waals surface area contributed by atoms with Crippen LogP contribution in [0.1, 0.15) is 31.1 Å². The minimum atomic E-state index is -5.37. The highest BCUT2D eigenvalue weighted by atomic mass is 31.2. The molecule has 1 saturated heterocycles. The van der Waals surface area contributed by atoms with Crippen LogP contribution in [-0.4, -0.2) is 70.1 Å². The zero-order valence-electron chi connectivity index (χ0n) is 21.7. The van der Waals surface area contributed by atoms with Crippen LogP contribution >= 0.6 is 7.82 Å². The molecule has 3 aromatic rings. The zero-order chi connectivity index (χ0) is 30.4. The number of aliphatic hydroxyl groups is 1. The van der Waals surface area contributed by atoms with Gasteiger partial charge in [-0.25, -0.2) is 18.9 Å². The first-order chi connectivity index (χ1) is 19.9. The summed E-state index contributed by atoms with van der Waals surface area (Å²) in [7, 11) is -5.37. The van der Waals surface area contributed by atoms with Gasteiger partial charge in [0.2, 0.25) is 6.29 Å². The number of nitrogens with two attached hydrogens (primary N) is 2. The molecule has 1 aliphatic rings. The van der Waals surface area contributed by atoms with E-state index in [0.717, 1.165) is 0 Å². The number of nitrogen functional groups attached to an aromatic ring is 2. The molecule has 0 saturated carbocycles. The maximum Gasteiger partial charge on any atom is 0.470 e. The van der Waals surface area contributed by atoms with Crippen LogP contribution in [0.15, 0.2) is 78.9 Å². The van der Waals surface area contributed by atoms with E-state index in [0.29, 0.717) is 0 Å². The van der Waals surface area contributed by atoms with Crippen LogP contribution in [0, 0.1) is 0 Å². The van der Waals surface area contributed by atoms with E-state index in [2.05, 4.69) is 0 Å². The smallest absolute Gasteiger partial charge is 0.459 e. The van der Waals surface area contributed by atoms with Crippen LogP contribution in [0.2, 0.25) is 0 Å². The summed E-state index contributed by atoms with van der Waals surface area (Å²) in [4.78, 5) is 57.8. The van der Waals surface area contributed by atoms with Crippen molar-refractivity contribution in [1.29, 1.82) is 0 Å². The number of hydrogen-bond donors (Lipinski definition) is 5. The highest BCUT2D eigenvalue weighted by Crippen LogP contribution is 2.42. The van der Waals surface area contributed by atoms with E-state index in [1.54, 1.807) is 30.3 Å². The maximum absolute atomic E-state index is 13.0. The van der Waals surface area contributed by atoms with Gasteiger partial charge in [-0.2, -0.15) is 0 Å². The lowest BCUT2D eigenvalue weighted by molar-refractivity contribution is -0.281. The first-order valence-electron chi connectivity index (χ1n) is 12.3. The largest absolute Gasteiger partial charge is 0.470 e. The summed E-state index contributed by atoms with van der Waals surface area (Å²) >= 11 is 0. The Hall–Kier alpha value is -4.30. The number of para-hydroxylation sites is 2. The van der Waals surface area contributed by atoms with Gasteiger partial charge in [-0.1, -0.05) is 42.5 Å². The summed E-state index contributed by atoms with van der Waals surface area (Å²) < 4.78 is 38.5. The molecular weight excluding hydrogens is 575 g/mol. The number of phosphoric ester groups is 1. The van der Waals surface area contributed by atoms with Crippen LogP contribution in [0.3, 0.4) is 0 Å². The topological polar surface area (TPSA) is 227 Å². The number of aliphatic hydroxyl groups excluding tert-OH is 1. The molecule has 1 heterocycles. The summed E-state index contributed by atoms with van der Waals surface area (Å²) in [6.45, 7) is -0.677. The first-order valence-corrected chi connectivity index (χ1v) is 13.9. The second-order valence-corrected chi connectivity index (χ2v) is 10.2. The number of carbonyl (C=O) groups is 3. The van der Waals surface area contributed by atoms with Gasteiger partial charge in [0.05, 0.1) is 16.7 Å². The number of hydrogen-bond acceptors (Lipinski definition) is 12. The summed E-state index contributed by atoms with van der Waals surface area (Å²) in [5.41, 5.74) is 11.7. The summed E-state index contributed by atoms with van der Waals surface area (Å²) in [6.07, 6.45) is -9.47. The van der Waals surface area contributed by atoms with Gasteiger partial charge in [-0.05, 0) is 36.4 Å². The van der Waals surface area contributed by atoms with E-state index >= 15 is 0 Å². The Morgan fingerprint density at radius 3 is 1.83 bits per heavy atom. The van der Waals surface area contributed by atoms with Gasteiger partial charge in [0.15, 0.2) is 6.10 Å². The maximum atomic E-state index is 13.0. The van der Waals surface area contributed by atoms with Crippen molar-refractivity contribution in [3.05, 3.63) is 95.6 Å². The van der Waals surface area contributed by atoms with Crippen molar-refractivity contribution in [2.45, 2.75) is 30.7 Å². The Bertz CT molecular complexity index is 1480. The van der Waals surface area contributed by atoms with Crippen molar-refractivity contribution in [3.63, 3.8) is 0 Å². The van der Waals surface area contributed by atoms with Crippen LogP contribution in [0.4, 0.5) is 11.4 Å². The third-order valence-electron chi connectivity index (χ3n) is 6.09. The molecule has 5 atom stereocenters. The van der Waals surface area contributed by atoms with Gasteiger partial charge < -0.3 is 45.3 Å². The van der Waals surface area contributed by atoms with Gasteiger partial charge in [0.25, 0.3) is 0 Å². The normalized spacial score (nSPS) is 22.1. The molecule has 0 bridgehead atoms. The molecule has 0 amide bonds. The number of esters is 3. The lowest BCUT2D eigenvalue weighted by atomic mass is 9.98. The molecule has 0 aliphatic carbocycles. The van der Waals surface area contributed by atoms with E-state index in [1.807, 2.05) is 0 Å². The standard InChI is InChI=1S/C27H27N2O12P/c28-18-12-6-4-10-16(18)25(32)39-23-22(41-42(34,35)36)21(30)20(14-37-24(31)15-8-2-1-3-9-15)38-27(23)40-26(33)17-11-5-7-13-19(17)29/h1-13,20-23,27,30H,14,28-29H2,(H2,34,35,36)/t20-,21-,22+,23-,27+/m1/s1. The van der Waals surface area contributed by atoms with Crippen LogP contribution in [0.5, 0.6) is 0 Å². The van der Waals surface area contributed by atoms with Crippen molar-refractivity contribution < 1.29 is 57.3 Å². The zero-order valence-corrected chi connectivity index (χ0v) is 22.6. The predicted octanol–water partition coefficient (Wildman–Crippen LogP) is 1.65. The Labute approximate surface area is 238 Å². The first kappa shape index (κ1) is 30.7. The SMILES string of the molecule is Nc1ccccc1C(=O)O[C@@H]1O[C@H](COC(=O)c2ccccc2)[C@@H](O)[C@H](OP(=O)(O)O)[C@H]1OC(=O)c1ccccc1N. The Kier molecular flexibility index (Phi) is 9.58. The average Bonchev–Trinajstić information content (AvgIpc) is 2.95. The molecule has 42 heavy (non-hydrogen) atoms. The lowest BCUT2D eigenvalue weighted by Crippen LogP contribution is -2.61. The summed E-state index contributed by atoms with van der Waals surface area (Å²) in [5.74, 6) is -2.98. The highest BCUT2D eigenvalue weighted by molar-refractivity contribution is 7.46. The Balaban J connectivity index is 1.66. The number of ether oxygens (including phenoxy) is 4. The van der Waals surface area contributed by atoms with Gasteiger partial charge in [-0.3, -0.25) is 4.52 Å². The molecule has 0 radical (unpaired) electrons. The molecule has 4 rings (SSSR count). The number of phosphoric acid groups is 1. The molecule has 0 spiro atoms. The fourth-order valence-corrected chi connectivity index (χ4v) is 4.63. The summed E-state index contributed by atoms with van der Waals surface area (Å²) in [6, 6.07) is 19.4. The highest BCUT2D eigenvalue weighted by Gasteiger charge is 2.53. The van der Waals surface area contributed by atoms with Crippen molar-refractivity contribution in [2.24, 2.45) is 0 Å². The second-order valence-electron chi connectivity index (χ2n) is 9.01. The van der Waals surface area contributed by atoms with E-state index in [1.165, 1.54) is 48.5 Å². The number of carbonyl (C=O) groups excluding carboxylic acids is 3. The number of benzene rings is 3. The molecule has 3 aromatic carbocycles. The van der Waals surface area contributed by atoms with E-state index in [4.69, 9.17) is 34.9 Å². The molecule has 0 aromatic heterocycles. The quantitative estimate of drug-likeness (QED) is 0.102. The van der Waals surface area contributed by atoms with Crippen molar-refractivity contribution in [2.75, 3.05) is 18.1 Å². The predicted molar refractivity (Wildman–Crippen MR) is 145 cm³/mol. The monoisotopic (exact) mass is 602 g/mol. The van der Waals surface area contributed by atoms with Gasteiger partial charge >= 0.3 is 25.7 Å². The van der Waals surface area contributed by atoms with E-state index < -0.39 is 63.0 Å². The molecule has 222 valence electrons. The number of anilines is 2. The van der Waals surface area contributed by atoms with E-state index in [9.17, 15) is 33.8 Å². The van der Waals surface area contributed by atoms with Crippen molar-refractivity contribution >= 4 is 37.1 Å². The third kappa shape index (κ3) is 7.50. The third-order valence-corrected chi connectivity index (χ3v) is 6.61. The lowest BCUT2D eigenvalue weighted by Gasteiger charge is -2.42. The average molecular weight is 602 g/mol. The van der Waals surface area contributed by atoms with Gasteiger partial charge in [0, 0.05) is 11.4 Å². The minimum Gasteiger partial charge on any atom is -0.459 e. The molecular formula is C27H27N2O12P. The Morgan fingerprint density at radius 2 is 1.29 bits per heavy atom. The molecule has 1 fully saturated rings. The Morgan fingerprint density at radius 1 is 0.762 bits per heavy atom.